The standard InChI is InChI=1S/C18H16Cl2FNO5S/c19-14-3-1-13(15(20)10-14)11-27-18(23)12-2-4-16(21)17(9-12)28(24,25)22-5-7-26-8-6-22/h1-4,9-10H,5-8,11H2. The van der Waals surface area contributed by atoms with Crippen LogP contribution in [-0.4, -0.2) is 45.0 Å². The van der Waals surface area contributed by atoms with Crippen LogP contribution in [0.5, 0.6) is 0 Å². The summed E-state index contributed by atoms with van der Waals surface area (Å²) in [4.78, 5) is 11.7. The first kappa shape index (κ1) is 21.0. The Labute approximate surface area is 171 Å². The largest absolute Gasteiger partial charge is 0.457 e. The second-order valence-electron chi connectivity index (χ2n) is 5.97. The van der Waals surface area contributed by atoms with E-state index in [1.807, 2.05) is 0 Å². The molecular formula is C18H16Cl2FNO5S. The smallest absolute Gasteiger partial charge is 0.338 e. The number of hydrogen-bond acceptors (Lipinski definition) is 5. The van der Waals surface area contributed by atoms with Gasteiger partial charge >= 0.3 is 5.97 Å². The molecule has 1 heterocycles. The van der Waals surface area contributed by atoms with Crippen molar-refractivity contribution in [3.63, 3.8) is 0 Å². The molecule has 0 unspecified atom stereocenters. The molecule has 0 aliphatic carbocycles. The molecule has 1 fully saturated rings. The molecule has 28 heavy (non-hydrogen) atoms. The third kappa shape index (κ3) is 4.64. The molecule has 0 bridgehead atoms. The fourth-order valence-electron chi connectivity index (χ4n) is 2.62. The molecule has 0 saturated carbocycles. The van der Waals surface area contributed by atoms with Gasteiger partial charge in [-0.15, -0.1) is 0 Å². The molecule has 0 amide bonds. The lowest BCUT2D eigenvalue weighted by atomic mass is 10.2. The van der Waals surface area contributed by atoms with Crippen molar-refractivity contribution in [3.8, 4) is 0 Å². The van der Waals surface area contributed by atoms with E-state index in [1.54, 1.807) is 12.1 Å². The molecule has 1 aliphatic rings. The molecule has 0 aromatic heterocycles. The minimum absolute atomic E-state index is 0.0849. The van der Waals surface area contributed by atoms with Crippen molar-refractivity contribution in [1.29, 1.82) is 0 Å². The Hall–Kier alpha value is -1.71. The predicted molar refractivity (Wildman–Crippen MR) is 102 cm³/mol. The molecule has 3 rings (SSSR count). The molecule has 2 aromatic rings. The predicted octanol–water partition coefficient (Wildman–Crippen LogP) is 3.51. The van der Waals surface area contributed by atoms with E-state index in [2.05, 4.69) is 0 Å². The third-order valence-corrected chi connectivity index (χ3v) is 6.63. The second kappa shape index (κ2) is 8.75. The normalized spacial score (nSPS) is 15.4. The molecule has 150 valence electrons. The average Bonchev–Trinajstić information content (AvgIpc) is 2.68. The average molecular weight is 448 g/mol. The Morgan fingerprint density at radius 1 is 1.14 bits per heavy atom. The number of rotatable bonds is 5. The topological polar surface area (TPSA) is 72.9 Å². The zero-order valence-electron chi connectivity index (χ0n) is 14.5. The van der Waals surface area contributed by atoms with Crippen LogP contribution in [0, 0.1) is 5.82 Å². The van der Waals surface area contributed by atoms with Gasteiger partial charge in [0.2, 0.25) is 10.0 Å². The van der Waals surface area contributed by atoms with Crippen LogP contribution in [-0.2, 0) is 26.1 Å². The Morgan fingerprint density at radius 3 is 2.54 bits per heavy atom. The van der Waals surface area contributed by atoms with Crippen LogP contribution in [0.15, 0.2) is 41.3 Å². The van der Waals surface area contributed by atoms with E-state index >= 15 is 0 Å². The summed E-state index contributed by atoms with van der Waals surface area (Å²) < 4.78 is 51.0. The zero-order chi connectivity index (χ0) is 20.3. The summed E-state index contributed by atoms with van der Waals surface area (Å²) in [7, 11) is -4.09. The minimum Gasteiger partial charge on any atom is -0.457 e. The first-order valence-electron chi connectivity index (χ1n) is 8.27. The Bertz CT molecular complexity index is 993. The van der Waals surface area contributed by atoms with Gasteiger partial charge in [0.1, 0.15) is 17.3 Å². The lowest BCUT2D eigenvalue weighted by Gasteiger charge is -2.26. The highest BCUT2D eigenvalue weighted by molar-refractivity contribution is 7.89. The van der Waals surface area contributed by atoms with Crippen LogP contribution in [0.25, 0.3) is 0 Å². The van der Waals surface area contributed by atoms with Gasteiger partial charge < -0.3 is 9.47 Å². The van der Waals surface area contributed by atoms with Gasteiger partial charge in [0.05, 0.1) is 18.8 Å². The van der Waals surface area contributed by atoms with Crippen LogP contribution in [0.3, 0.4) is 0 Å². The lowest BCUT2D eigenvalue weighted by molar-refractivity contribution is 0.0472. The lowest BCUT2D eigenvalue weighted by Crippen LogP contribution is -2.41. The van der Waals surface area contributed by atoms with Gasteiger partial charge in [-0.05, 0) is 30.3 Å². The number of ether oxygens (including phenoxy) is 2. The summed E-state index contributed by atoms with van der Waals surface area (Å²) in [6.45, 7) is 0.545. The number of sulfonamides is 1. The number of carbonyl (C=O) groups excluding carboxylic acids is 1. The number of nitrogens with zero attached hydrogens (tertiary/aromatic N) is 1. The van der Waals surface area contributed by atoms with Gasteiger partial charge in [0.15, 0.2) is 0 Å². The quantitative estimate of drug-likeness (QED) is 0.655. The van der Waals surface area contributed by atoms with Crippen molar-refractivity contribution in [1.82, 2.24) is 4.31 Å². The molecule has 2 aromatic carbocycles. The molecule has 0 atom stereocenters. The maximum atomic E-state index is 14.2. The van der Waals surface area contributed by atoms with Gasteiger partial charge in [-0.3, -0.25) is 0 Å². The van der Waals surface area contributed by atoms with Crippen molar-refractivity contribution in [2.24, 2.45) is 0 Å². The number of morpholine rings is 1. The number of halogens is 3. The molecule has 0 radical (unpaired) electrons. The fourth-order valence-corrected chi connectivity index (χ4v) is 4.58. The Kier molecular flexibility index (Phi) is 6.57. The summed E-state index contributed by atoms with van der Waals surface area (Å²) in [5.41, 5.74) is 0.445. The molecule has 0 spiro atoms. The van der Waals surface area contributed by atoms with Gasteiger partial charge in [-0.25, -0.2) is 17.6 Å². The molecule has 1 aliphatic heterocycles. The Balaban J connectivity index is 1.79. The van der Waals surface area contributed by atoms with E-state index in [4.69, 9.17) is 32.7 Å². The monoisotopic (exact) mass is 447 g/mol. The first-order valence-corrected chi connectivity index (χ1v) is 10.5. The van der Waals surface area contributed by atoms with Crippen molar-refractivity contribution in [2.45, 2.75) is 11.5 Å². The Morgan fingerprint density at radius 2 is 1.86 bits per heavy atom. The molecular weight excluding hydrogens is 432 g/mol. The van der Waals surface area contributed by atoms with E-state index in [-0.39, 0.29) is 38.5 Å². The first-order chi connectivity index (χ1) is 13.3. The zero-order valence-corrected chi connectivity index (χ0v) is 16.9. The van der Waals surface area contributed by atoms with Crippen LogP contribution >= 0.6 is 23.2 Å². The maximum absolute atomic E-state index is 14.2. The summed E-state index contributed by atoms with van der Waals surface area (Å²) in [6.07, 6.45) is 0. The number of carbonyl (C=O) groups is 1. The van der Waals surface area contributed by atoms with Gasteiger partial charge in [-0.2, -0.15) is 4.31 Å². The molecule has 0 N–H and O–H groups in total. The van der Waals surface area contributed by atoms with Crippen LogP contribution in [0.2, 0.25) is 10.0 Å². The SMILES string of the molecule is O=C(OCc1ccc(Cl)cc1Cl)c1ccc(F)c(S(=O)(=O)N2CCOCC2)c1. The summed E-state index contributed by atoms with van der Waals surface area (Å²) in [6, 6.07) is 7.79. The van der Waals surface area contributed by atoms with E-state index < -0.39 is 26.7 Å². The second-order valence-corrected chi connectivity index (χ2v) is 8.72. The van der Waals surface area contributed by atoms with E-state index in [0.29, 0.717) is 15.6 Å². The van der Waals surface area contributed by atoms with Crippen molar-refractivity contribution >= 4 is 39.2 Å². The fraction of sp³-hybridized carbons (Fsp3) is 0.278. The highest BCUT2D eigenvalue weighted by Crippen LogP contribution is 2.24. The van der Waals surface area contributed by atoms with Crippen molar-refractivity contribution in [3.05, 3.63) is 63.4 Å². The van der Waals surface area contributed by atoms with Gasteiger partial charge in [-0.1, -0.05) is 29.3 Å². The molecule has 10 heteroatoms. The summed E-state index contributed by atoms with van der Waals surface area (Å²) in [5.74, 6) is -1.74. The highest BCUT2D eigenvalue weighted by Gasteiger charge is 2.30. The number of esters is 1. The van der Waals surface area contributed by atoms with Gasteiger partial charge in [0.25, 0.3) is 0 Å². The minimum atomic E-state index is -4.09. The highest BCUT2D eigenvalue weighted by atomic mass is 35.5. The molecule has 6 nitrogen and oxygen atoms in total. The third-order valence-electron chi connectivity index (χ3n) is 4.13. The summed E-state index contributed by atoms with van der Waals surface area (Å²) >= 11 is 11.8. The van der Waals surface area contributed by atoms with Crippen LogP contribution < -0.4 is 0 Å². The number of benzene rings is 2. The van der Waals surface area contributed by atoms with E-state index in [0.717, 1.165) is 16.4 Å². The van der Waals surface area contributed by atoms with Gasteiger partial charge in [0, 0.05) is 28.7 Å². The maximum Gasteiger partial charge on any atom is 0.338 e. The van der Waals surface area contributed by atoms with E-state index in [9.17, 15) is 17.6 Å². The van der Waals surface area contributed by atoms with Crippen LogP contribution in [0.1, 0.15) is 15.9 Å². The van der Waals surface area contributed by atoms with Crippen LogP contribution in [0.4, 0.5) is 4.39 Å². The van der Waals surface area contributed by atoms with E-state index in [1.165, 1.54) is 12.1 Å². The van der Waals surface area contributed by atoms with Crippen molar-refractivity contribution < 1.29 is 27.1 Å². The van der Waals surface area contributed by atoms with Crippen molar-refractivity contribution in [2.75, 3.05) is 26.3 Å². The number of hydrogen-bond donors (Lipinski definition) is 0. The summed E-state index contributed by atoms with van der Waals surface area (Å²) in [5, 5.41) is 0.770. The molecule has 1 saturated heterocycles.